The molecule has 0 fully saturated rings. The summed E-state index contributed by atoms with van der Waals surface area (Å²) in [4.78, 5) is 4.26. The van der Waals surface area contributed by atoms with Gasteiger partial charge in [-0.05, 0) is 6.08 Å². The lowest BCUT2D eigenvalue weighted by atomic mass is 9.88. The van der Waals surface area contributed by atoms with E-state index in [1.165, 1.54) is 0 Å². The predicted octanol–water partition coefficient (Wildman–Crippen LogP) is 1.40. The molecule has 0 saturated heterocycles. The van der Waals surface area contributed by atoms with Crippen molar-refractivity contribution in [2.45, 2.75) is 26.9 Å². The number of nitrogens with zero attached hydrogens (tertiary/aromatic N) is 1. The number of hydrogen-bond donors (Lipinski definition) is 1. The Morgan fingerprint density at radius 2 is 2.18 bits per heavy atom. The Balaban J connectivity index is 2.71. The minimum atomic E-state index is -0.374. The van der Waals surface area contributed by atoms with Crippen LogP contribution >= 0.6 is 0 Å². The highest BCUT2D eigenvalue weighted by Crippen LogP contribution is 2.19. The van der Waals surface area contributed by atoms with Gasteiger partial charge in [0.15, 0.2) is 0 Å². The van der Waals surface area contributed by atoms with E-state index >= 15 is 0 Å². The summed E-state index contributed by atoms with van der Waals surface area (Å²) in [6.07, 6.45) is 3.34. The Labute approximate surface area is 67.7 Å². The van der Waals surface area contributed by atoms with Gasteiger partial charge in [-0.2, -0.15) is 0 Å². The number of dihydropyridines is 1. The van der Waals surface area contributed by atoms with E-state index in [9.17, 15) is 0 Å². The van der Waals surface area contributed by atoms with E-state index in [0.717, 1.165) is 5.71 Å². The zero-order valence-electron chi connectivity index (χ0n) is 7.33. The summed E-state index contributed by atoms with van der Waals surface area (Å²) in [5.74, 6) is 0. The van der Waals surface area contributed by atoms with Crippen molar-refractivity contribution in [1.29, 1.82) is 0 Å². The Morgan fingerprint density at radius 1 is 1.55 bits per heavy atom. The standard InChI is InChI=1S/C9H15NO/c1-9(2,3)8-5-4-7(11)6-10-8/h4-5,7,11H,6H2,1-3H3. The van der Waals surface area contributed by atoms with Gasteiger partial charge in [0.1, 0.15) is 0 Å². The molecule has 1 aliphatic rings. The van der Waals surface area contributed by atoms with Gasteiger partial charge in [-0.3, -0.25) is 4.99 Å². The highest BCUT2D eigenvalue weighted by Gasteiger charge is 2.18. The minimum Gasteiger partial charge on any atom is -0.387 e. The van der Waals surface area contributed by atoms with E-state index in [-0.39, 0.29) is 11.5 Å². The van der Waals surface area contributed by atoms with Crippen LogP contribution in [0.25, 0.3) is 0 Å². The van der Waals surface area contributed by atoms with Crippen LogP contribution in [0.4, 0.5) is 0 Å². The van der Waals surface area contributed by atoms with Crippen LogP contribution in [0, 0.1) is 5.41 Å². The molecule has 2 heteroatoms. The van der Waals surface area contributed by atoms with Crippen LogP contribution in [0.3, 0.4) is 0 Å². The Morgan fingerprint density at radius 3 is 2.55 bits per heavy atom. The van der Waals surface area contributed by atoms with E-state index in [0.29, 0.717) is 6.54 Å². The van der Waals surface area contributed by atoms with Crippen LogP contribution in [0.5, 0.6) is 0 Å². The summed E-state index contributed by atoms with van der Waals surface area (Å²) in [5.41, 5.74) is 1.18. The second-order valence-electron chi connectivity index (χ2n) is 3.90. The first-order valence-electron chi connectivity index (χ1n) is 3.91. The molecule has 1 atom stereocenters. The third-order valence-corrected chi connectivity index (χ3v) is 1.69. The van der Waals surface area contributed by atoms with Crippen molar-refractivity contribution in [1.82, 2.24) is 0 Å². The van der Waals surface area contributed by atoms with Crippen molar-refractivity contribution >= 4 is 5.71 Å². The first-order valence-corrected chi connectivity index (χ1v) is 3.91. The summed E-state index contributed by atoms with van der Waals surface area (Å²) in [6, 6.07) is 0. The summed E-state index contributed by atoms with van der Waals surface area (Å²) in [7, 11) is 0. The van der Waals surface area contributed by atoms with Crippen molar-refractivity contribution in [3.8, 4) is 0 Å². The maximum absolute atomic E-state index is 9.10. The van der Waals surface area contributed by atoms with E-state index in [1.54, 1.807) is 6.08 Å². The highest BCUT2D eigenvalue weighted by atomic mass is 16.3. The van der Waals surface area contributed by atoms with Crippen LogP contribution in [0.15, 0.2) is 17.1 Å². The second-order valence-corrected chi connectivity index (χ2v) is 3.90. The van der Waals surface area contributed by atoms with Gasteiger partial charge >= 0.3 is 0 Å². The second kappa shape index (κ2) is 2.78. The third kappa shape index (κ3) is 2.15. The van der Waals surface area contributed by atoms with Crippen molar-refractivity contribution in [3.63, 3.8) is 0 Å². The molecule has 0 bridgehead atoms. The summed E-state index contributed by atoms with van der Waals surface area (Å²) >= 11 is 0. The molecule has 0 aromatic carbocycles. The summed E-state index contributed by atoms with van der Waals surface area (Å²) < 4.78 is 0. The van der Waals surface area contributed by atoms with Crippen LogP contribution in [0.2, 0.25) is 0 Å². The lowest BCUT2D eigenvalue weighted by Gasteiger charge is -2.22. The fourth-order valence-corrected chi connectivity index (χ4v) is 0.995. The number of allylic oxidation sites excluding steroid dienone is 1. The molecule has 1 rings (SSSR count). The molecule has 1 heterocycles. The number of rotatable bonds is 0. The van der Waals surface area contributed by atoms with E-state index in [1.807, 2.05) is 6.08 Å². The summed E-state index contributed by atoms with van der Waals surface area (Å²) in [6.45, 7) is 6.87. The molecule has 0 aromatic rings. The fraction of sp³-hybridized carbons (Fsp3) is 0.667. The van der Waals surface area contributed by atoms with Gasteiger partial charge in [0.2, 0.25) is 0 Å². The average Bonchev–Trinajstić information content (AvgIpc) is 1.86. The van der Waals surface area contributed by atoms with Gasteiger partial charge in [-0.15, -0.1) is 0 Å². The topological polar surface area (TPSA) is 32.6 Å². The maximum atomic E-state index is 9.10. The van der Waals surface area contributed by atoms with Gasteiger partial charge in [0, 0.05) is 11.1 Å². The Bertz CT molecular complexity index is 198. The Hall–Kier alpha value is -0.630. The van der Waals surface area contributed by atoms with Gasteiger partial charge in [0.05, 0.1) is 12.6 Å². The SMILES string of the molecule is CC(C)(C)C1=NCC(O)C=C1. The molecule has 0 aliphatic carbocycles. The van der Waals surface area contributed by atoms with Crippen LogP contribution in [0.1, 0.15) is 20.8 Å². The molecule has 62 valence electrons. The molecular weight excluding hydrogens is 138 g/mol. The maximum Gasteiger partial charge on any atom is 0.0919 e. The molecule has 0 saturated carbocycles. The molecular formula is C9H15NO. The zero-order chi connectivity index (χ0) is 8.48. The molecule has 0 spiro atoms. The molecule has 0 amide bonds. The number of aliphatic hydroxyl groups is 1. The highest BCUT2D eigenvalue weighted by molar-refractivity contribution is 5.99. The zero-order valence-corrected chi connectivity index (χ0v) is 7.33. The molecule has 1 unspecified atom stereocenters. The first-order chi connectivity index (χ1) is 5.00. The fourth-order valence-electron chi connectivity index (χ4n) is 0.995. The first kappa shape index (κ1) is 8.47. The van der Waals surface area contributed by atoms with Gasteiger partial charge in [-0.1, -0.05) is 26.8 Å². The minimum absolute atomic E-state index is 0.108. The molecule has 0 aromatic heterocycles. The normalized spacial score (nSPS) is 25.1. The number of hydrogen-bond acceptors (Lipinski definition) is 2. The quantitative estimate of drug-likeness (QED) is 0.560. The molecule has 1 N–H and O–H groups in total. The number of aliphatic imine (C=N–C) groups is 1. The van der Waals surface area contributed by atoms with Crippen molar-refractivity contribution < 1.29 is 5.11 Å². The van der Waals surface area contributed by atoms with Crippen molar-refractivity contribution in [2.24, 2.45) is 10.4 Å². The van der Waals surface area contributed by atoms with Crippen LogP contribution < -0.4 is 0 Å². The number of aliphatic hydroxyl groups excluding tert-OH is 1. The summed E-state index contributed by atoms with van der Waals surface area (Å²) in [5, 5.41) is 9.10. The van der Waals surface area contributed by atoms with Crippen molar-refractivity contribution in [2.75, 3.05) is 6.54 Å². The van der Waals surface area contributed by atoms with Crippen LogP contribution in [-0.4, -0.2) is 23.5 Å². The lowest BCUT2D eigenvalue weighted by molar-refractivity contribution is 0.230. The molecule has 1 aliphatic heterocycles. The largest absolute Gasteiger partial charge is 0.387 e. The van der Waals surface area contributed by atoms with Crippen molar-refractivity contribution in [3.05, 3.63) is 12.2 Å². The van der Waals surface area contributed by atoms with E-state index < -0.39 is 0 Å². The molecule has 11 heavy (non-hydrogen) atoms. The van der Waals surface area contributed by atoms with Crippen LogP contribution in [-0.2, 0) is 0 Å². The van der Waals surface area contributed by atoms with Gasteiger partial charge in [0.25, 0.3) is 0 Å². The van der Waals surface area contributed by atoms with E-state index in [4.69, 9.17) is 5.11 Å². The van der Waals surface area contributed by atoms with Gasteiger partial charge < -0.3 is 5.11 Å². The monoisotopic (exact) mass is 153 g/mol. The lowest BCUT2D eigenvalue weighted by Crippen LogP contribution is -2.24. The predicted molar refractivity (Wildman–Crippen MR) is 46.9 cm³/mol. The smallest absolute Gasteiger partial charge is 0.0919 e. The Kier molecular flexibility index (Phi) is 2.14. The van der Waals surface area contributed by atoms with Gasteiger partial charge in [-0.25, -0.2) is 0 Å². The molecule has 0 radical (unpaired) electrons. The van der Waals surface area contributed by atoms with E-state index in [2.05, 4.69) is 25.8 Å². The third-order valence-electron chi connectivity index (χ3n) is 1.69. The average molecular weight is 153 g/mol. The molecule has 2 nitrogen and oxygen atoms in total.